The summed E-state index contributed by atoms with van der Waals surface area (Å²) in [4.78, 5) is 9.23. The molecule has 1 aromatic rings. The van der Waals surface area contributed by atoms with E-state index in [1.54, 1.807) is 0 Å². The zero-order valence-electron chi connectivity index (χ0n) is 16.0. The number of hydrogen-bond acceptors (Lipinski definition) is 4. The Morgan fingerprint density at radius 3 is 2.78 bits per heavy atom. The van der Waals surface area contributed by atoms with Gasteiger partial charge in [-0.3, -0.25) is 14.7 Å². The number of nitrogens with one attached hydrogen (secondary N) is 1. The summed E-state index contributed by atoms with van der Waals surface area (Å²) in [5, 5.41) is 8.45. The number of nitrogens with zero attached hydrogens (tertiary/aromatic N) is 4. The van der Waals surface area contributed by atoms with Crippen molar-refractivity contribution in [3.63, 3.8) is 0 Å². The quantitative estimate of drug-likeness (QED) is 0.795. The minimum Gasteiger partial charge on any atom is -0.306 e. The Morgan fingerprint density at radius 2 is 2.07 bits per heavy atom. The molecule has 4 aliphatic rings. The van der Waals surface area contributed by atoms with E-state index in [0.29, 0.717) is 12.1 Å². The molecule has 0 bridgehead atoms. The van der Waals surface area contributed by atoms with Crippen LogP contribution in [0.5, 0.6) is 0 Å². The standard InChI is InChI=1S/C22H29N5/c1-2-5-16(4-1)13-24-18-7-9-19(10-8-18)27-22(21-15-25-21)12-20(26-27)17-6-3-11-23-14-17/h7,9,11-12,14,16,19,21,25H,1-6,8,10,13,15H2. The van der Waals surface area contributed by atoms with Crippen molar-refractivity contribution in [1.29, 1.82) is 0 Å². The lowest BCUT2D eigenvalue weighted by Gasteiger charge is -2.20. The minimum atomic E-state index is 0.342. The van der Waals surface area contributed by atoms with E-state index in [1.807, 2.05) is 12.4 Å². The van der Waals surface area contributed by atoms with Gasteiger partial charge in [0.15, 0.2) is 0 Å². The van der Waals surface area contributed by atoms with Crippen molar-refractivity contribution >= 4 is 17.5 Å². The van der Waals surface area contributed by atoms with Gasteiger partial charge in [-0.05, 0) is 62.2 Å². The Balaban J connectivity index is 1.33. The number of aromatic nitrogens is 2. The van der Waals surface area contributed by atoms with E-state index in [0.717, 1.165) is 50.4 Å². The Kier molecular flexibility index (Phi) is 4.78. The zero-order valence-corrected chi connectivity index (χ0v) is 16.0. The molecule has 0 amide bonds. The van der Waals surface area contributed by atoms with Crippen molar-refractivity contribution in [2.75, 3.05) is 13.1 Å². The van der Waals surface area contributed by atoms with Gasteiger partial charge in [0.05, 0.1) is 23.5 Å². The van der Waals surface area contributed by atoms with E-state index in [4.69, 9.17) is 10.1 Å². The maximum absolute atomic E-state index is 5.00. The number of rotatable bonds is 5. The molecule has 2 unspecified atom stereocenters. The fourth-order valence-corrected chi connectivity index (χ4v) is 4.53. The fourth-order valence-electron chi connectivity index (χ4n) is 4.53. The topological polar surface area (TPSA) is 64.5 Å². The van der Waals surface area contributed by atoms with Crippen molar-refractivity contribution in [2.45, 2.75) is 63.5 Å². The lowest BCUT2D eigenvalue weighted by Crippen LogP contribution is -2.17. The van der Waals surface area contributed by atoms with E-state index >= 15 is 0 Å². The van der Waals surface area contributed by atoms with Crippen LogP contribution < -0.4 is 5.32 Å². The van der Waals surface area contributed by atoms with Gasteiger partial charge in [0.2, 0.25) is 0 Å². The van der Waals surface area contributed by atoms with Crippen molar-refractivity contribution in [1.82, 2.24) is 15.1 Å². The summed E-state index contributed by atoms with van der Waals surface area (Å²) in [5.74, 6) is 0.830. The van der Waals surface area contributed by atoms with Crippen LogP contribution in [0.4, 0.5) is 0 Å². The molecule has 2 aliphatic carbocycles. The molecule has 2 fully saturated rings. The summed E-state index contributed by atoms with van der Waals surface area (Å²) in [6.45, 7) is 2.09. The third-order valence-electron chi connectivity index (χ3n) is 6.29. The second kappa shape index (κ2) is 7.55. The number of allylic oxidation sites excluding steroid dienone is 3. The van der Waals surface area contributed by atoms with E-state index < -0.39 is 0 Å². The predicted molar refractivity (Wildman–Crippen MR) is 110 cm³/mol. The molecule has 2 atom stereocenters. The SMILES string of the molecule is C1=CC(n2nc(C3=CN=CCC3)cc2C2CN2)CCC1=NCC1CCCC1. The zero-order chi connectivity index (χ0) is 18.1. The van der Waals surface area contributed by atoms with Gasteiger partial charge < -0.3 is 5.32 Å². The maximum atomic E-state index is 5.00. The Bertz CT molecular complexity index is 803. The normalized spacial score (nSPS) is 29.5. The molecule has 5 rings (SSSR count). The van der Waals surface area contributed by atoms with Gasteiger partial charge in [-0.1, -0.05) is 18.9 Å². The third kappa shape index (κ3) is 3.84. The molecule has 1 N–H and O–H groups in total. The first-order valence-electron chi connectivity index (χ1n) is 10.6. The summed E-state index contributed by atoms with van der Waals surface area (Å²) >= 11 is 0. The highest BCUT2D eigenvalue weighted by Gasteiger charge is 2.30. The van der Waals surface area contributed by atoms with E-state index in [-0.39, 0.29) is 0 Å². The van der Waals surface area contributed by atoms with Crippen LogP contribution in [0.1, 0.15) is 74.8 Å². The van der Waals surface area contributed by atoms with E-state index in [9.17, 15) is 0 Å². The van der Waals surface area contributed by atoms with Gasteiger partial charge in [-0.25, -0.2) is 0 Å². The Labute approximate surface area is 161 Å². The highest BCUT2D eigenvalue weighted by molar-refractivity contribution is 5.95. The number of aliphatic imine (C=N–C) groups is 2. The van der Waals surface area contributed by atoms with Crippen LogP contribution in [0.3, 0.4) is 0 Å². The molecular weight excluding hydrogens is 334 g/mol. The average molecular weight is 364 g/mol. The van der Waals surface area contributed by atoms with Gasteiger partial charge in [0.25, 0.3) is 0 Å². The van der Waals surface area contributed by atoms with Crippen LogP contribution in [-0.4, -0.2) is 34.8 Å². The summed E-state index contributed by atoms with van der Waals surface area (Å²) in [6, 6.07) is 3.08. The maximum Gasteiger partial charge on any atom is 0.0902 e. The molecule has 1 saturated carbocycles. The second-order valence-corrected chi connectivity index (χ2v) is 8.33. The van der Waals surface area contributed by atoms with Crippen molar-refractivity contribution in [3.05, 3.63) is 35.8 Å². The smallest absolute Gasteiger partial charge is 0.0902 e. The van der Waals surface area contributed by atoms with Crippen LogP contribution in [0.25, 0.3) is 5.57 Å². The molecule has 5 heteroatoms. The number of hydrogen-bond donors (Lipinski definition) is 1. The first kappa shape index (κ1) is 17.1. The highest BCUT2D eigenvalue weighted by Crippen LogP contribution is 2.32. The summed E-state index contributed by atoms with van der Waals surface area (Å²) < 4.78 is 2.25. The van der Waals surface area contributed by atoms with Gasteiger partial charge in [0, 0.05) is 31.2 Å². The van der Waals surface area contributed by atoms with Crippen LogP contribution in [0.15, 0.2) is 34.4 Å². The largest absolute Gasteiger partial charge is 0.306 e. The van der Waals surface area contributed by atoms with Crippen molar-refractivity contribution < 1.29 is 0 Å². The lowest BCUT2D eigenvalue weighted by molar-refractivity contribution is 0.486. The molecule has 0 radical (unpaired) electrons. The third-order valence-corrected chi connectivity index (χ3v) is 6.29. The van der Waals surface area contributed by atoms with E-state index in [2.05, 4.69) is 33.2 Å². The lowest BCUT2D eigenvalue weighted by atomic mass is 10.0. The summed E-state index contributed by atoms with van der Waals surface area (Å²) in [5.41, 5.74) is 4.96. The predicted octanol–water partition coefficient (Wildman–Crippen LogP) is 4.26. The summed E-state index contributed by atoms with van der Waals surface area (Å²) in [7, 11) is 0. The monoisotopic (exact) mass is 363 g/mol. The molecule has 0 spiro atoms. The van der Waals surface area contributed by atoms with Crippen molar-refractivity contribution in [3.8, 4) is 0 Å². The summed E-state index contributed by atoms with van der Waals surface area (Å²) in [6.07, 6.45) is 18.3. The molecule has 27 heavy (non-hydrogen) atoms. The molecule has 1 saturated heterocycles. The Hall–Kier alpha value is -2.01. The molecular formula is C22H29N5. The average Bonchev–Trinajstić information content (AvgIpc) is 3.26. The first-order valence-corrected chi connectivity index (χ1v) is 10.6. The van der Waals surface area contributed by atoms with Crippen LogP contribution >= 0.6 is 0 Å². The van der Waals surface area contributed by atoms with Crippen molar-refractivity contribution in [2.24, 2.45) is 15.9 Å². The van der Waals surface area contributed by atoms with Gasteiger partial charge in [-0.2, -0.15) is 5.10 Å². The van der Waals surface area contributed by atoms with Crippen LogP contribution in [-0.2, 0) is 0 Å². The van der Waals surface area contributed by atoms with Crippen LogP contribution in [0, 0.1) is 5.92 Å². The minimum absolute atomic E-state index is 0.342. The van der Waals surface area contributed by atoms with Gasteiger partial charge in [-0.15, -0.1) is 0 Å². The fraction of sp³-hybridized carbons (Fsp3) is 0.591. The molecule has 2 aliphatic heterocycles. The molecule has 142 valence electrons. The van der Waals surface area contributed by atoms with Gasteiger partial charge >= 0.3 is 0 Å². The Morgan fingerprint density at radius 1 is 1.19 bits per heavy atom. The molecule has 5 nitrogen and oxygen atoms in total. The first-order chi connectivity index (χ1) is 13.4. The van der Waals surface area contributed by atoms with Gasteiger partial charge in [0.1, 0.15) is 0 Å². The molecule has 1 aromatic heterocycles. The second-order valence-electron chi connectivity index (χ2n) is 8.33. The molecule has 0 aromatic carbocycles. The van der Waals surface area contributed by atoms with E-state index in [1.165, 1.54) is 42.7 Å². The molecule has 3 heterocycles. The highest BCUT2D eigenvalue weighted by atomic mass is 15.3. The van der Waals surface area contributed by atoms with Crippen LogP contribution in [0.2, 0.25) is 0 Å².